The van der Waals surface area contributed by atoms with Crippen molar-refractivity contribution in [3.63, 3.8) is 0 Å². The lowest BCUT2D eigenvalue weighted by Gasteiger charge is -2.36. The summed E-state index contributed by atoms with van der Waals surface area (Å²) in [5.74, 6) is -0.531. The molecular weight excluding hydrogens is 398 g/mol. The Hall–Kier alpha value is -2.87. The molecule has 4 nitrogen and oxygen atoms in total. The van der Waals surface area contributed by atoms with Gasteiger partial charge >= 0.3 is 0 Å². The van der Waals surface area contributed by atoms with Crippen LogP contribution in [0.5, 0.6) is 5.75 Å². The molecule has 0 aliphatic carbocycles. The van der Waals surface area contributed by atoms with Crippen LogP contribution in [0.3, 0.4) is 0 Å². The number of alkyl halides is 3. The number of rotatable bonds is 6. The summed E-state index contributed by atoms with van der Waals surface area (Å²) < 4.78 is 61.2. The Labute approximate surface area is 171 Å². The predicted octanol–water partition coefficient (Wildman–Crippen LogP) is 5.26. The van der Waals surface area contributed by atoms with Gasteiger partial charge in [-0.3, -0.25) is 4.98 Å². The van der Waals surface area contributed by atoms with Crippen LogP contribution in [0.2, 0.25) is 0 Å². The van der Waals surface area contributed by atoms with E-state index in [2.05, 4.69) is 15.6 Å². The molecule has 3 aromatic rings. The predicted molar refractivity (Wildman–Crippen MR) is 107 cm³/mol. The Morgan fingerprint density at radius 1 is 1.17 bits per heavy atom. The van der Waals surface area contributed by atoms with Gasteiger partial charge in [-0.15, -0.1) is 0 Å². The molecule has 1 atom stereocenters. The van der Waals surface area contributed by atoms with Crippen molar-refractivity contribution in [2.75, 3.05) is 25.5 Å². The molecule has 4 rings (SSSR count). The van der Waals surface area contributed by atoms with Gasteiger partial charge in [-0.2, -0.15) is 0 Å². The first kappa shape index (κ1) is 20.4. The van der Waals surface area contributed by atoms with Crippen LogP contribution in [-0.4, -0.2) is 25.2 Å². The molecule has 1 fully saturated rings. The number of methoxy groups -OCH3 is 1. The number of benzene rings is 2. The minimum atomic E-state index is -2.90. The van der Waals surface area contributed by atoms with E-state index in [-0.39, 0.29) is 18.7 Å². The first-order valence-corrected chi connectivity index (χ1v) is 9.54. The number of ether oxygens (including phenoxy) is 1. The van der Waals surface area contributed by atoms with Crippen LogP contribution >= 0.6 is 0 Å². The summed E-state index contributed by atoms with van der Waals surface area (Å²) in [6.07, 6.45) is -1.33. The van der Waals surface area contributed by atoms with Crippen LogP contribution in [0.25, 0.3) is 10.9 Å². The van der Waals surface area contributed by atoms with Crippen molar-refractivity contribution in [2.24, 2.45) is 0 Å². The molecule has 1 aliphatic rings. The molecule has 1 aliphatic heterocycles. The summed E-state index contributed by atoms with van der Waals surface area (Å²) in [5, 5.41) is 6.71. The van der Waals surface area contributed by atoms with Crippen LogP contribution in [0.1, 0.15) is 36.1 Å². The highest BCUT2D eigenvalue weighted by atomic mass is 19.3. The van der Waals surface area contributed by atoms with Crippen LogP contribution < -0.4 is 15.4 Å². The fourth-order valence-corrected chi connectivity index (χ4v) is 3.74. The van der Waals surface area contributed by atoms with E-state index in [1.165, 1.54) is 19.2 Å². The smallest absolute Gasteiger partial charge is 0.266 e. The third-order valence-corrected chi connectivity index (χ3v) is 5.49. The first-order chi connectivity index (χ1) is 14.3. The fourth-order valence-electron chi connectivity index (χ4n) is 3.74. The number of nitrogens with one attached hydrogen (secondary N) is 2. The highest BCUT2D eigenvalue weighted by Crippen LogP contribution is 2.40. The molecule has 0 radical (unpaired) electrons. The summed E-state index contributed by atoms with van der Waals surface area (Å²) in [5.41, 5.74) is -0.484. The highest BCUT2D eigenvalue weighted by molar-refractivity contribution is 5.93. The van der Waals surface area contributed by atoms with Crippen LogP contribution in [0.15, 0.2) is 42.6 Å². The van der Waals surface area contributed by atoms with E-state index in [0.717, 1.165) is 6.07 Å². The molecule has 0 spiro atoms. The van der Waals surface area contributed by atoms with Crippen molar-refractivity contribution < 1.29 is 22.3 Å². The van der Waals surface area contributed by atoms with Gasteiger partial charge in [-0.05, 0) is 19.1 Å². The normalized spacial score (nSPS) is 16.4. The van der Waals surface area contributed by atoms with Gasteiger partial charge in [-0.1, -0.05) is 18.2 Å². The largest absolute Gasteiger partial charge is 0.496 e. The van der Waals surface area contributed by atoms with E-state index in [4.69, 9.17) is 4.74 Å². The zero-order valence-electron chi connectivity index (χ0n) is 16.5. The van der Waals surface area contributed by atoms with Gasteiger partial charge in [0.15, 0.2) is 5.67 Å². The molecular formula is C22H21F4N3O. The number of fused-ring (bicyclic) bond motifs is 1. The summed E-state index contributed by atoms with van der Waals surface area (Å²) in [6.45, 7) is 2.04. The Morgan fingerprint density at radius 3 is 2.53 bits per heavy atom. The van der Waals surface area contributed by atoms with Crippen molar-refractivity contribution in [1.29, 1.82) is 0 Å². The molecule has 0 saturated carbocycles. The number of aromatic nitrogens is 1. The van der Waals surface area contributed by atoms with Crippen molar-refractivity contribution in [3.05, 3.63) is 65.1 Å². The molecule has 2 heterocycles. The topological polar surface area (TPSA) is 46.2 Å². The maximum Gasteiger partial charge on any atom is 0.266 e. The van der Waals surface area contributed by atoms with Gasteiger partial charge in [0.1, 0.15) is 11.6 Å². The van der Waals surface area contributed by atoms with E-state index in [1.54, 1.807) is 31.3 Å². The third kappa shape index (κ3) is 3.45. The Balaban J connectivity index is 1.75. The van der Waals surface area contributed by atoms with Crippen LogP contribution in [0, 0.1) is 5.82 Å². The number of halogens is 4. The lowest BCUT2D eigenvalue weighted by molar-refractivity contribution is 0.0860. The molecule has 158 valence electrons. The van der Waals surface area contributed by atoms with Gasteiger partial charge in [-0.25, -0.2) is 17.6 Å². The fraction of sp³-hybridized carbons (Fsp3) is 0.318. The Morgan fingerprint density at radius 2 is 1.90 bits per heavy atom. The highest BCUT2D eigenvalue weighted by Gasteiger charge is 2.41. The average Bonchev–Trinajstić information content (AvgIpc) is 2.71. The summed E-state index contributed by atoms with van der Waals surface area (Å²) in [6, 6.07) is 8.37. The monoisotopic (exact) mass is 419 g/mol. The molecule has 0 bridgehead atoms. The minimum Gasteiger partial charge on any atom is -0.496 e. The SMILES string of the molecule is COc1cc2nccc(NC(C)c3cccc(C(F)F)c3F)c2cc1C1(F)CNC1. The van der Waals surface area contributed by atoms with E-state index in [1.807, 2.05) is 0 Å². The lowest BCUT2D eigenvalue weighted by atomic mass is 9.88. The van der Waals surface area contributed by atoms with Gasteiger partial charge < -0.3 is 15.4 Å². The van der Waals surface area contributed by atoms with E-state index in [0.29, 0.717) is 27.9 Å². The average molecular weight is 419 g/mol. The lowest BCUT2D eigenvalue weighted by Crippen LogP contribution is -2.53. The molecule has 1 aromatic heterocycles. The summed E-state index contributed by atoms with van der Waals surface area (Å²) in [4.78, 5) is 4.32. The van der Waals surface area contributed by atoms with Crippen molar-refractivity contribution in [3.8, 4) is 5.75 Å². The molecule has 30 heavy (non-hydrogen) atoms. The number of nitrogens with zero attached hydrogens (tertiary/aromatic N) is 1. The molecule has 1 saturated heterocycles. The third-order valence-electron chi connectivity index (χ3n) is 5.49. The van der Waals surface area contributed by atoms with Crippen LogP contribution in [0.4, 0.5) is 23.2 Å². The number of anilines is 1. The second-order valence-electron chi connectivity index (χ2n) is 7.41. The summed E-state index contributed by atoms with van der Waals surface area (Å²) in [7, 11) is 1.48. The standard InChI is InChI=1S/C22H21F4N3O/c1-12(13-4-3-5-14(20(13)23)21(24)25)29-17-6-7-28-18-9-19(30-2)16(8-15(17)18)22(26)10-27-11-22/h3-9,12,21,27H,10-11H2,1-2H3,(H,28,29). The van der Waals surface area contributed by atoms with E-state index < -0.39 is 29.5 Å². The quantitative estimate of drug-likeness (QED) is 0.535. The maximum absolute atomic E-state index is 15.1. The zero-order valence-corrected chi connectivity index (χ0v) is 16.5. The Kier molecular flexibility index (Phi) is 5.27. The van der Waals surface area contributed by atoms with Gasteiger partial charge in [0, 0.05) is 47.6 Å². The van der Waals surface area contributed by atoms with Gasteiger partial charge in [0.25, 0.3) is 6.43 Å². The molecule has 2 N–H and O–H groups in total. The van der Waals surface area contributed by atoms with Gasteiger partial charge in [0.05, 0.1) is 24.2 Å². The molecule has 8 heteroatoms. The van der Waals surface area contributed by atoms with E-state index in [9.17, 15) is 13.2 Å². The Bertz CT molecular complexity index is 1090. The zero-order chi connectivity index (χ0) is 21.5. The maximum atomic E-state index is 15.1. The number of pyridine rings is 1. The van der Waals surface area contributed by atoms with E-state index >= 15 is 4.39 Å². The molecule has 1 unspecified atom stereocenters. The first-order valence-electron chi connectivity index (χ1n) is 9.54. The number of hydrogen-bond acceptors (Lipinski definition) is 4. The number of hydrogen-bond donors (Lipinski definition) is 2. The molecule has 2 aromatic carbocycles. The van der Waals surface area contributed by atoms with Crippen molar-refractivity contribution in [2.45, 2.75) is 25.1 Å². The van der Waals surface area contributed by atoms with Crippen molar-refractivity contribution >= 4 is 16.6 Å². The van der Waals surface area contributed by atoms with Gasteiger partial charge in [0.2, 0.25) is 0 Å². The van der Waals surface area contributed by atoms with Crippen molar-refractivity contribution in [1.82, 2.24) is 10.3 Å². The van der Waals surface area contributed by atoms with Crippen LogP contribution in [-0.2, 0) is 5.67 Å². The molecule has 0 amide bonds. The summed E-state index contributed by atoms with van der Waals surface area (Å²) >= 11 is 0. The second kappa shape index (κ2) is 7.75. The minimum absolute atomic E-state index is 0.122. The second-order valence-corrected chi connectivity index (χ2v) is 7.41.